The van der Waals surface area contributed by atoms with E-state index in [1.54, 1.807) is 29.0 Å². The first kappa shape index (κ1) is 59.8. The zero-order chi connectivity index (χ0) is 55.7. The Balaban J connectivity index is 1.62. The molecule has 10 N–H and O–H groups in total. The van der Waals surface area contributed by atoms with E-state index in [2.05, 4.69) is 16.0 Å². The van der Waals surface area contributed by atoms with Gasteiger partial charge in [0.15, 0.2) is 5.78 Å². The van der Waals surface area contributed by atoms with Crippen LogP contribution in [0.15, 0.2) is 72.9 Å². The lowest BCUT2D eigenvalue weighted by Crippen LogP contribution is -2.48. The van der Waals surface area contributed by atoms with Crippen LogP contribution in [0.25, 0.3) is 11.1 Å². The second kappa shape index (κ2) is 27.5. The summed E-state index contributed by atoms with van der Waals surface area (Å²) in [4.78, 5) is 140. The molecule has 0 saturated carbocycles. The van der Waals surface area contributed by atoms with E-state index >= 15 is 4.39 Å². The number of rotatable bonds is 30. The van der Waals surface area contributed by atoms with Crippen LogP contribution in [0, 0.1) is 23.0 Å². The Morgan fingerprint density at radius 3 is 2.07 bits per heavy atom. The molecular weight excluding hydrogens is 1010 g/mol. The third-order valence-corrected chi connectivity index (χ3v) is 12.8. The predicted molar refractivity (Wildman–Crippen MR) is 266 cm³/mol. The molecule has 7 amide bonds. The van der Waals surface area contributed by atoms with Gasteiger partial charge in [-0.1, -0.05) is 51.1 Å². The zero-order valence-corrected chi connectivity index (χ0v) is 42.1. The van der Waals surface area contributed by atoms with E-state index in [0.717, 1.165) is 47.7 Å². The Kier molecular flexibility index (Phi) is 21.9. The minimum Gasteiger partial charge on any atom is -0.481 e. The second-order valence-electron chi connectivity index (χ2n) is 18.7. The molecule has 0 radical (unpaired) electrons. The van der Waals surface area contributed by atoms with E-state index in [9.17, 15) is 67.3 Å². The molecule has 1 aliphatic rings. The van der Waals surface area contributed by atoms with Gasteiger partial charge in [0.1, 0.15) is 24.2 Å². The van der Waals surface area contributed by atoms with E-state index in [0.29, 0.717) is 10.6 Å². The molecule has 75 heavy (non-hydrogen) atoms. The Morgan fingerprint density at radius 2 is 1.47 bits per heavy atom. The number of aromatic nitrogens is 1. The third kappa shape index (κ3) is 18.3. The molecule has 1 aromatic heterocycles. The van der Waals surface area contributed by atoms with Crippen molar-refractivity contribution in [2.45, 2.75) is 90.0 Å². The van der Waals surface area contributed by atoms with E-state index in [1.165, 1.54) is 4.90 Å². The number of carboxylic acids is 3. The SMILES string of the molecule is CC(C)(C)[C@H](c1cc(-c2cc(F)ccc2F)cn1Cc1ccccc1)N(CC[C@H](N)C(=O)NCCC(=O)N[C@H](CCC(=O)O)C(=O)O)C(=O)CSC[C@H](CC(=O)[C@H](CC(N)=O)NC(=O)CN1C(=O)C=CC1=O)C(=O)O. The molecule has 0 bridgehead atoms. The normalized spacial score (nSPS) is 14.3. The second-order valence-corrected chi connectivity index (χ2v) is 19.7. The molecule has 1 aliphatic heterocycles. The lowest BCUT2D eigenvalue weighted by atomic mass is 9.82. The lowest BCUT2D eigenvalue weighted by molar-refractivity contribution is -0.144. The smallest absolute Gasteiger partial charge is 0.326 e. The Labute approximate surface area is 433 Å². The van der Waals surface area contributed by atoms with E-state index in [4.69, 9.17) is 16.6 Å². The maximum atomic E-state index is 15.4. The molecule has 0 spiro atoms. The number of benzene rings is 2. The number of aliphatic carboxylic acids is 3. The topological polar surface area (TPSA) is 348 Å². The number of Topliss-reactive ketones (excluding diaryl/α,β-unsaturated/α-hetero) is 1. The van der Waals surface area contributed by atoms with Gasteiger partial charge in [-0.15, -0.1) is 0 Å². The number of imide groups is 1. The van der Waals surface area contributed by atoms with Crippen LogP contribution in [-0.4, -0.2) is 144 Å². The fourth-order valence-corrected chi connectivity index (χ4v) is 9.04. The number of hydrogen-bond acceptors (Lipinski definition) is 13. The molecule has 4 rings (SSSR count). The quantitative estimate of drug-likeness (QED) is 0.0441. The Hall–Kier alpha value is -7.80. The summed E-state index contributed by atoms with van der Waals surface area (Å²) >= 11 is 0.826. The molecule has 0 aliphatic carbocycles. The molecule has 0 unspecified atom stereocenters. The number of carbonyl (C=O) groups is 11. The molecule has 3 aromatic rings. The monoisotopic (exact) mass is 1070 g/mol. The fraction of sp³-hybridized carbons (Fsp3) is 0.420. The molecule has 22 nitrogen and oxygen atoms in total. The van der Waals surface area contributed by atoms with Gasteiger partial charge >= 0.3 is 17.9 Å². The summed E-state index contributed by atoms with van der Waals surface area (Å²) < 4.78 is 31.8. The Bertz CT molecular complexity index is 2660. The van der Waals surface area contributed by atoms with Crippen molar-refractivity contribution >= 4 is 76.8 Å². The largest absolute Gasteiger partial charge is 0.481 e. The van der Waals surface area contributed by atoms with Crippen molar-refractivity contribution in [3.8, 4) is 11.1 Å². The number of primary amides is 1. The summed E-state index contributed by atoms with van der Waals surface area (Å²) in [5.74, 6) is -14.6. The van der Waals surface area contributed by atoms with Crippen LogP contribution >= 0.6 is 11.8 Å². The summed E-state index contributed by atoms with van der Waals surface area (Å²) in [5.41, 5.74) is 12.2. The van der Waals surface area contributed by atoms with Crippen LogP contribution < -0.4 is 27.4 Å². The highest BCUT2D eigenvalue weighted by atomic mass is 32.2. The minimum absolute atomic E-state index is 0.0729. The molecule has 25 heteroatoms. The van der Waals surface area contributed by atoms with Crippen LogP contribution in [0.2, 0.25) is 0 Å². The summed E-state index contributed by atoms with van der Waals surface area (Å²) in [6.45, 7) is 4.28. The van der Waals surface area contributed by atoms with Gasteiger partial charge in [0.25, 0.3) is 11.8 Å². The first-order valence-corrected chi connectivity index (χ1v) is 24.6. The van der Waals surface area contributed by atoms with Gasteiger partial charge < -0.3 is 52.2 Å². The summed E-state index contributed by atoms with van der Waals surface area (Å²) in [6, 6.07) is 8.31. The van der Waals surface area contributed by atoms with Crippen molar-refractivity contribution in [2.75, 3.05) is 31.1 Å². The number of carboxylic acid groups (broad SMARTS) is 3. The van der Waals surface area contributed by atoms with Crippen LogP contribution in [-0.2, 0) is 59.3 Å². The standard InChI is InChI=1S/C50H60F2N8O14S/c1-50(2,3)46(37-19-29(32-21-31(51)9-10-33(32)52)24-58(37)23-28-7-5-4-6-8-28)59(18-16-34(53)47(70)55-17-15-40(63)56-35(49(73)74)11-14-45(68)69)44(67)27-75-26-30(48(71)72)20-38(61)36(22-39(54)62)57-41(64)25-60-42(65)12-13-43(60)66/h4-10,12-13,19,21,24,30,34-36,46H,11,14-18,20,22-23,25-27,53H2,1-3H3,(H2,54,62)(H,55,70)(H,56,63)(H,57,64)(H,68,69)(H,71,72)(H,73,74)/t30-,34-,35+,36-,46-/m0/s1. The number of nitrogens with one attached hydrogen (secondary N) is 3. The number of carbonyl (C=O) groups excluding carboxylic acids is 8. The molecule has 5 atom stereocenters. The number of halogens is 2. The molecule has 2 heterocycles. The number of ketones is 1. The highest BCUT2D eigenvalue weighted by molar-refractivity contribution is 7.99. The van der Waals surface area contributed by atoms with Gasteiger partial charge in [-0.05, 0) is 48.1 Å². The maximum Gasteiger partial charge on any atom is 0.326 e. The zero-order valence-electron chi connectivity index (χ0n) is 41.3. The lowest BCUT2D eigenvalue weighted by Gasteiger charge is -2.41. The number of nitrogens with two attached hydrogens (primary N) is 2. The highest BCUT2D eigenvalue weighted by Crippen LogP contribution is 2.41. The van der Waals surface area contributed by atoms with Crippen molar-refractivity contribution < 1.29 is 76.8 Å². The average Bonchev–Trinajstić information content (AvgIpc) is 3.88. The first-order valence-electron chi connectivity index (χ1n) is 23.5. The summed E-state index contributed by atoms with van der Waals surface area (Å²) in [6.07, 6.45) is 0.458. The van der Waals surface area contributed by atoms with E-state index in [-0.39, 0.29) is 49.4 Å². The van der Waals surface area contributed by atoms with Gasteiger partial charge in [-0.25, -0.2) is 13.6 Å². The molecular formula is C50H60F2N8O14S. The summed E-state index contributed by atoms with van der Waals surface area (Å²) in [5, 5.41) is 35.4. The average molecular weight is 1070 g/mol. The number of thioether (sulfide) groups is 1. The molecule has 0 fully saturated rings. The molecule has 2 aromatic carbocycles. The molecule has 0 saturated heterocycles. The van der Waals surface area contributed by atoms with Crippen LogP contribution in [0.5, 0.6) is 0 Å². The van der Waals surface area contributed by atoms with Crippen molar-refractivity contribution in [3.63, 3.8) is 0 Å². The van der Waals surface area contributed by atoms with Crippen molar-refractivity contribution in [2.24, 2.45) is 22.8 Å². The van der Waals surface area contributed by atoms with Crippen molar-refractivity contribution in [1.29, 1.82) is 0 Å². The molecule has 404 valence electrons. The highest BCUT2D eigenvalue weighted by Gasteiger charge is 2.38. The van der Waals surface area contributed by atoms with Crippen molar-refractivity contribution in [3.05, 3.63) is 95.8 Å². The summed E-state index contributed by atoms with van der Waals surface area (Å²) in [7, 11) is 0. The predicted octanol–water partition coefficient (Wildman–Crippen LogP) is 1.73. The maximum absolute atomic E-state index is 15.4. The number of amides is 7. The van der Waals surface area contributed by atoms with Crippen LogP contribution in [0.1, 0.15) is 76.6 Å². The number of nitrogens with zero attached hydrogens (tertiary/aromatic N) is 3. The van der Waals surface area contributed by atoms with E-state index < -0.39 is 150 Å². The first-order chi connectivity index (χ1) is 35.2. The van der Waals surface area contributed by atoms with Gasteiger partial charge in [0.2, 0.25) is 29.5 Å². The van der Waals surface area contributed by atoms with Crippen LogP contribution in [0.3, 0.4) is 0 Å². The van der Waals surface area contributed by atoms with Gasteiger partial charge in [0.05, 0.1) is 36.2 Å². The third-order valence-electron chi connectivity index (χ3n) is 11.7. The fourth-order valence-electron chi connectivity index (χ4n) is 8.03. The minimum atomic E-state index is -1.64. The van der Waals surface area contributed by atoms with Crippen LogP contribution in [0.4, 0.5) is 8.78 Å². The van der Waals surface area contributed by atoms with Gasteiger partial charge in [0, 0.05) is 79.8 Å². The Morgan fingerprint density at radius 1 is 0.813 bits per heavy atom. The van der Waals surface area contributed by atoms with Gasteiger partial charge in [-0.2, -0.15) is 11.8 Å². The van der Waals surface area contributed by atoms with Crippen molar-refractivity contribution in [1.82, 2.24) is 30.3 Å². The van der Waals surface area contributed by atoms with Gasteiger partial charge in [-0.3, -0.25) is 52.8 Å². The van der Waals surface area contributed by atoms with E-state index in [1.807, 2.05) is 39.0 Å². The number of hydrogen-bond donors (Lipinski definition) is 8.